The van der Waals surface area contributed by atoms with Gasteiger partial charge in [0, 0.05) is 17.1 Å². The topological polar surface area (TPSA) is 60.2 Å². The van der Waals surface area contributed by atoms with Crippen LogP contribution in [0.5, 0.6) is 0 Å². The average Bonchev–Trinajstić information content (AvgIpc) is 2.88. The lowest BCUT2D eigenvalue weighted by Crippen LogP contribution is -2.35. The maximum Gasteiger partial charge on any atom is 0.258 e. The minimum absolute atomic E-state index is 0.00784. The molecular weight excluding hydrogens is 266 g/mol. The van der Waals surface area contributed by atoms with Crippen molar-refractivity contribution in [3.63, 3.8) is 0 Å². The molecule has 100 valence electrons. The number of hydrogen-bond donors (Lipinski definition) is 1. The third-order valence-electron chi connectivity index (χ3n) is 2.96. The van der Waals surface area contributed by atoms with E-state index in [0.29, 0.717) is 30.0 Å². The van der Waals surface area contributed by atoms with Crippen molar-refractivity contribution in [1.82, 2.24) is 15.5 Å². The van der Waals surface area contributed by atoms with Crippen molar-refractivity contribution in [2.45, 2.75) is 13.0 Å². The molecule has 1 saturated heterocycles. The Morgan fingerprint density at radius 2 is 2.26 bits per heavy atom. The first-order valence-electron chi connectivity index (χ1n) is 6.15. The lowest BCUT2D eigenvalue weighted by Gasteiger charge is -2.20. The third kappa shape index (κ3) is 2.78. The van der Waals surface area contributed by atoms with Crippen LogP contribution in [0.3, 0.4) is 0 Å². The Kier molecular flexibility index (Phi) is 3.50. The Morgan fingerprint density at radius 1 is 1.37 bits per heavy atom. The summed E-state index contributed by atoms with van der Waals surface area (Å²) in [5, 5.41) is 7.95. The van der Waals surface area contributed by atoms with E-state index < -0.39 is 0 Å². The fourth-order valence-corrected chi connectivity index (χ4v) is 2.37. The smallest absolute Gasteiger partial charge is 0.258 e. The van der Waals surface area contributed by atoms with E-state index in [-0.39, 0.29) is 6.04 Å². The van der Waals surface area contributed by atoms with Crippen molar-refractivity contribution < 1.29 is 9.26 Å². The molecule has 1 aliphatic rings. The predicted octanol–water partition coefficient (Wildman–Crippen LogP) is 2.36. The Balaban J connectivity index is 1.87. The second-order valence-corrected chi connectivity index (χ2v) is 4.99. The molecule has 1 N–H and O–H groups in total. The molecule has 1 aromatic carbocycles. The van der Waals surface area contributed by atoms with Gasteiger partial charge in [0.15, 0.2) is 5.82 Å². The molecule has 2 aromatic rings. The monoisotopic (exact) mass is 279 g/mol. The molecule has 1 fully saturated rings. The van der Waals surface area contributed by atoms with Crippen LogP contribution in [0.2, 0.25) is 5.02 Å². The van der Waals surface area contributed by atoms with Crippen molar-refractivity contribution in [3.8, 4) is 11.5 Å². The lowest BCUT2D eigenvalue weighted by atomic mass is 10.1. The molecule has 5 nitrogen and oxygen atoms in total. The maximum absolute atomic E-state index is 6.03. The van der Waals surface area contributed by atoms with Gasteiger partial charge in [0.1, 0.15) is 0 Å². The number of morpholine rings is 1. The minimum atomic E-state index is -0.00784. The highest BCUT2D eigenvalue weighted by Gasteiger charge is 2.21. The molecule has 1 atom stereocenters. The van der Waals surface area contributed by atoms with E-state index in [2.05, 4.69) is 15.5 Å². The summed E-state index contributed by atoms with van der Waals surface area (Å²) in [6.07, 6.45) is 0. The fraction of sp³-hybridized carbons (Fsp3) is 0.385. The highest BCUT2D eigenvalue weighted by Crippen LogP contribution is 2.24. The van der Waals surface area contributed by atoms with Crippen LogP contribution in [0.1, 0.15) is 17.4 Å². The minimum Gasteiger partial charge on any atom is -0.378 e. The molecule has 1 aliphatic heterocycles. The maximum atomic E-state index is 6.03. The van der Waals surface area contributed by atoms with Gasteiger partial charge in [-0.15, -0.1) is 0 Å². The molecule has 0 spiro atoms. The van der Waals surface area contributed by atoms with Gasteiger partial charge in [0.2, 0.25) is 0 Å². The largest absolute Gasteiger partial charge is 0.378 e. The van der Waals surface area contributed by atoms with Crippen LogP contribution >= 0.6 is 11.6 Å². The van der Waals surface area contributed by atoms with Crippen molar-refractivity contribution >= 4 is 11.6 Å². The van der Waals surface area contributed by atoms with Gasteiger partial charge in [0.25, 0.3) is 5.89 Å². The average molecular weight is 280 g/mol. The van der Waals surface area contributed by atoms with E-state index in [4.69, 9.17) is 20.9 Å². The molecule has 0 saturated carbocycles. The van der Waals surface area contributed by atoms with Gasteiger partial charge in [-0.05, 0) is 30.7 Å². The second-order valence-electron chi connectivity index (χ2n) is 4.56. The van der Waals surface area contributed by atoms with Gasteiger partial charge in [-0.2, -0.15) is 4.98 Å². The summed E-state index contributed by atoms with van der Waals surface area (Å²) in [4.78, 5) is 4.41. The van der Waals surface area contributed by atoms with Gasteiger partial charge in [-0.1, -0.05) is 16.8 Å². The van der Waals surface area contributed by atoms with Gasteiger partial charge in [0.05, 0.1) is 19.3 Å². The number of halogens is 1. The van der Waals surface area contributed by atoms with E-state index in [1.165, 1.54) is 0 Å². The Bertz CT molecular complexity index is 559. The zero-order chi connectivity index (χ0) is 13.2. The van der Waals surface area contributed by atoms with Gasteiger partial charge < -0.3 is 14.6 Å². The summed E-state index contributed by atoms with van der Waals surface area (Å²) < 4.78 is 10.7. The predicted molar refractivity (Wildman–Crippen MR) is 71.0 cm³/mol. The van der Waals surface area contributed by atoms with Crippen LogP contribution in [0.15, 0.2) is 22.7 Å². The quantitative estimate of drug-likeness (QED) is 0.914. The van der Waals surface area contributed by atoms with Crippen LogP contribution in [-0.2, 0) is 4.74 Å². The summed E-state index contributed by atoms with van der Waals surface area (Å²) in [6, 6.07) is 5.66. The molecule has 0 bridgehead atoms. The first-order chi connectivity index (χ1) is 9.22. The summed E-state index contributed by atoms with van der Waals surface area (Å²) in [5.74, 6) is 1.10. The first-order valence-corrected chi connectivity index (χ1v) is 6.52. The van der Waals surface area contributed by atoms with Crippen LogP contribution in [0.25, 0.3) is 11.5 Å². The number of aromatic nitrogens is 2. The number of aryl methyl sites for hydroxylation is 1. The summed E-state index contributed by atoms with van der Waals surface area (Å²) in [5.41, 5.74) is 1.89. The van der Waals surface area contributed by atoms with Gasteiger partial charge in [-0.3, -0.25) is 0 Å². The number of nitrogens with zero attached hydrogens (tertiary/aromatic N) is 2. The van der Waals surface area contributed by atoms with E-state index >= 15 is 0 Å². The summed E-state index contributed by atoms with van der Waals surface area (Å²) >= 11 is 6.03. The Labute approximate surface area is 115 Å². The summed E-state index contributed by atoms with van der Waals surface area (Å²) in [7, 11) is 0. The number of nitrogens with one attached hydrogen (secondary N) is 1. The first kappa shape index (κ1) is 12.6. The molecule has 1 unspecified atom stereocenters. The molecule has 19 heavy (non-hydrogen) atoms. The zero-order valence-electron chi connectivity index (χ0n) is 10.5. The van der Waals surface area contributed by atoms with Crippen molar-refractivity contribution in [3.05, 3.63) is 34.6 Å². The highest BCUT2D eigenvalue weighted by atomic mass is 35.5. The van der Waals surface area contributed by atoms with E-state index in [0.717, 1.165) is 17.7 Å². The van der Waals surface area contributed by atoms with E-state index in [1.807, 2.05) is 25.1 Å². The Hall–Kier alpha value is -1.43. The van der Waals surface area contributed by atoms with Crippen molar-refractivity contribution in [2.24, 2.45) is 0 Å². The van der Waals surface area contributed by atoms with Crippen LogP contribution in [0, 0.1) is 6.92 Å². The normalized spacial score (nSPS) is 19.6. The zero-order valence-corrected chi connectivity index (χ0v) is 11.3. The summed E-state index contributed by atoms with van der Waals surface area (Å²) in [6.45, 7) is 4.05. The van der Waals surface area contributed by atoms with E-state index in [1.54, 1.807) is 0 Å². The van der Waals surface area contributed by atoms with Crippen LogP contribution < -0.4 is 5.32 Å². The Morgan fingerprint density at radius 3 is 3.00 bits per heavy atom. The lowest BCUT2D eigenvalue weighted by molar-refractivity contribution is 0.0734. The SMILES string of the molecule is Cc1cc(Cl)cc(-c2nc(C3COCCN3)no2)c1. The number of benzene rings is 1. The van der Waals surface area contributed by atoms with Crippen LogP contribution in [0.4, 0.5) is 0 Å². The molecule has 1 aromatic heterocycles. The standard InChI is InChI=1S/C13H14ClN3O2/c1-8-4-9(6-10(14)5-8)13-16-12(17-19-13)11-7-18-3-2-15-11/h4-6,11,15H,2-3,7H2,1H3. The van der Waals surface area contributed by atoms with Crippen molar-refractivity contribution in [1.29, 1.82) is 0 Å². The van der Waals surface area contributed by atoms with Crippen molar-refractivity contribution in [2.75, 3.05) is 19.8 Å². The van der Waals surface area contributed by atoms with Gasteiger partial charge in [-0.25, -0.2) is 0 Å². The molecule has 0 aliphatic carbocycles. The molecule has 3 rings (SSSR count). The number of rotatable bonds is 2. The van der Waals surface area contributed by atoms with Crippen LogP contribution in [-0.4, -0.2) is 29.9 Å². The fourth-order valence-electron chi connectivity index (χ4n) is 2.08. The number of hydrogen-bond acceptors (Lipinski definition) is 5. The van der Waals surface area contributed by atoms with E-state index in [9.17, 15) is 0 Å². The highest BCUT2D eigenvalue weighted by molar-refractivity contribution is 6.30. The molecule has 6 heteroatoms. The molecule has 0 radical (unpaired) electrons. The second kappa shape index (κ2) is 5.28. The molecule has 0 amide bonds. The molecule has 2 heterocycles. The third-order valence-corrected chi connectivity index (χ3v) is 3.18. The number of ether oxygens (including phenoxy) is 1. The van der Waals surface area contributed by atoms with Gasteiger partial charge >= 0.3 is 0 Å². The molecular formula is C13H14ClN3O2.